The molecule has 1 amide bonds. The van der Waals surface area contributed by atoms with Gasteiger partial charge in [0.15, 0.2) is 11.5 Å². The molecule has 0 fully saturated rings. The molecule has 0 bridgehead atoms. The van der Waals surface area contributed by atoms with Gasteiger partial charge in [0.2, 0.25) is 0 Å². The maximum Gasteiger partial charge on any atom is 0.343 e. The predicted octanol–water partition coefficient (Wildman–Crippen LogP) is 5.67. The summed E-state index contributed by atoms with van der Waals surface area (Å²) in [5.74, 6) is -0.467. The zero-order valence-corrected chi connectivity index (χ0v) is 21.1. The second kappa shape index (κ2) is 11.1. The lowest BCUT2D eigenvalue weighted by Crippen LogP contribution is -2.13. The van der Waals surface area contributed by atoms with Crippen molar-refractivity contribution in [2.24, 2.45) is 0 Å². The monoisotopic (exact) mass is 650 g/mol. The first-order valence-corrected chi connectivity index (χ1v) is 11.4. The first-order valence-electron chi connectivity index (χ1n) is 9.24. The Morgan fingerprint density at radius 1 is 1.03 bits per heavy atom. The highest BCUT2D eigenvalue weighted by Gasteiger charge is 2.17. The van der Waals surface area contributed by atoms with Crippen molar-refractivity contribution in [3.63, 3.8) is 0 Å². The molecule has 0 saturated carbocycles. The molecule has 160 valence electrons. The maximum atomic E-state index is 12.5. The summed E-state index contributed by atoms with van der Waals surface area (Å²) in [5.41, 5.74) is 1.48. The fraction of sp³-hybridized carbons (Fsp3) is 0.0417. The summed E-state index contributed by atoms with van der Waals surface area (Å²) < 4.78 is 12.6. The Balaban J connectivity index is 1.85. The second-order valence-electron chi connectivity index (χ2n) is 6.42. The Hall–Kier alpha value is -2.91. The van der Waals surface area contributed by atoms with Gasteiger partial charge >= 0.3 is 5.97 Å². The van der Waals surface area contributed by atoms with Crippen LogP contribution >= 0.6 is 45.2 Å². The van der Waals surface area contributed by atoms with E-state index >= 15 is 0 Å². The molecule has 3 aromatic rings. The SMILES string of the molecule is COc1cc(/C=C(\C#N)C(=O)Nc2ccc(I)cc2)cc(I)c1OC(=O)c1ccccc1. The van der Waals surface area contributed by atoms with Gasteiger partial charge in [0.25, 0.3) is 5.91 Å². The summed E-state index contributed by atoms with van der Waals surface area (Å²) >= 11 is 4.18. The van der Waals surface area contributed by atoms with Crippen molar-refractivity contribution in [3.8, 4) is 17.6 Å². The van der Waals surface area contributed by atoms with Crippen molar-refractivity contribution in [1.82, 2.24) is 0 Å². The van der Waals surface area contributed by atoms with Crippen LogP contribution in [0.15, 0.2) is 72.3 Å². The summed E-state index contributed by atoms with van der Waals surface area (Å²) in [7, 11) is 1.45. The lowest BCUT2D eigenvalue weighted by molar-refractivity contribution is -0.112. The van der Waals surface area contributed by atoms with Crippen LogP contribution in [0.2, 0.25) is 0 Å². The van der Waals surface area contributed by atoms with Crippen LogP contribution in [-0.2, 0) is 4.79 Å². The zero-order valence-electron chi connectivity index (χ0n) is 16.8. The molecule has 0 aromatic heterocycles. The molecule has 0 aliphatic rings. The molecule has 3 rings (SSSR count). The van der Waals surface area contributed by atoms with Gasteiger partial charge < -0.3 is 14.8 Å². The van der Waals surface area contributed by atoms with E-state index in [2.05, 4.69) is 27.9 Å². The number of ether oxygens (including phenoxy) is 2. The van der Waals surface area contributed by atoms with Crippen molar-refractivity contribution in [2.75, 3.05) is 12.4 Å². The number of methoxy groups -OCH3 is 1. The zero-order chi connectivity index (χ0) is 23.1. The summed E-state index contributed by atoms with van der Waals surface area (Å²) in [5, 5.41) is 12.2. The van der Waals surface area contributed by atoms with Gasteiger partial charge in [0.1, 0.15) is 11.6 Å². The summed E-state index contributed by atoms with van der Waals surface area (Å²) in [4.78, 5) is 25.0. The number of carbonyl (C=O) groups excluding carboxylic acids is 2. The summed E-state index contributed by atoms with van der Waals surface area (Å²) in [6.07, 6.45) is 1.45. The molecule has 1 N–H and O–H groups in total. The number of carbonyl (C=O) groups is 2. The van der Waals surface area contributed by atoms with Crippen molar-refractivity contribution in [2.45, 2.75) is 0 Å². The van der Waals surface area contributed by atoms with Crippen LogP contribution in [0.25, 0.3) is 6.08 Å². The van der Waals surface area contributed by atoms with E-state index in [0.29, 0.717) is 26.1 Å². The van der Waals surface area contributed by atoms with Crippen LogP contribution in [0.1, 0.15) is 15.9 Å². The summed E-state index contributed by atoms with van der Waals surface area (Å²) in [6, 6.07) is 21.1. The lowest BCUT2D eigenvalue weighted by Gasteiger charge is -2.12. The first kappa shape index (κ1) is 23.7. The van der Waals surface area contributed by atoms with Gasteiger partial charge in [-0.25, -0.2) is 4.79 Å². The third-order valence-electron chi connectivity index (χ3n) is 4.23. The topological polar surface area (TPSA) is 88.4 Å². The Kier molecular flexibility index (Phi) is 8.24. The highest BCUT2D eigenvalue weighted by molar-refractivity contribution is 14.1. The number of nitrogens with zero attached hydrogens (tertiary/aromatic N) is 1. The van der Waals surface area contributed by atoms with Crippen molar-refractivity contribution in [1.29, 1.82) is 5.26 Å². The fourth-order valence-corrected chi connectivity index (χ4v) is 3.79. The molecule has 0 heterocycles. The number of hydrogen-bond donors (Lipinski definition) is 1. The van der Waals surface area contributed by atoms with Crippen LogP contribution in [0.4, 0.5) is 5.69 Å². The molecular weight excluding hydrogens is 634 g/mol. The number of rotatable bonds is 6. The fourth-order valence-electron chi connectivity index (χ4n) is 2.69. The Labute approximate surface area is 212 Å². The third-order valence-corrected chi connectivity index (χ3v) is 5.75. The van der Waals surface area contributed by atoms with Gasteiger partial charge in [-0.1, -0.05) is 18.2 Å². The Bertz CT molecular complexity index is 1220. The number of halogens is 2. The molecular formula is C24H16I2N2O4. The molecule has 0 saturated heterocycles. The molecule has 0 atom stereocenters. The van der Waals surface area contributed by atoms with Gasteiger partial charge in [-0.15, -0.1) is 0 Å². The predicted molar refractivity (Wildman–Crippen MR) is 138 cm³/mol. The van der Waals surface area contributed by atoms with E-state index in [-0.39, 0.29) is 11.3 Å². The molecule has 3 aromatic carbocycles. The normalized spacial score (nSPS) is 10.8. The number of esters is 1. The van der Waals surface area contributed by atoms with E-state index in [0.717, 1.165) is 3.57 Å². The minimum atomic E-state index is -0.526. The first-order chi connectivity index (χ1) is 15.4. The van der Waals surface area contributed by atoms with Crippen LogP contribution in [0.3, 0.4) is 0 Å². The van der Waals surface area contributed by atoms with Gasteiger partial charge in [0, 0.05) is 9.26 Å². The van der Waals surface area contributed by atoms with Crippen LogP contribution in [-0.4, -0.2) is 19.0 Å². The smallest absolute Gasteiger partial charge is 0.343 e. The van der Waals surface area contributed by atoms with Gasteiger partial charge in [-0.3, -0.25) is 4.79 Å². The quantitative estimate of drug-likeness (QED) is 0.122. The average Bonchev–Trinajstić information content (AvgIpc) is 2.80. The molecule has 8 heteroatoms. The van der Waals surface area contributed by atoms with Crippen molar-refractivity contribution < 1.29 is 19.1 Å². The molecule has 0 unspecified atom stereocenters. The van der Waals surface area contributed by atoms with E-state index in [1.165, 1.54) is 13.2 Å². The number of nitrogens with one attached hydrogen (secondary N) is 1. The van der Waals surface area contributed by atoms with Crippen LogP contribution < -0.4 is 14.8 Å². The number of anilines is 1. The van der Waals surface area contributed by atoms with E-state index < -0.39 is 11.9 Å². The van der Waals surface area contributed by atoms with E-state index in [9.17, 15) is 14.9 Å². The molecule has 0 radical (unpaired) electrons. The van der Waals surface area contributed by atoms with Gasteiger partial charge in [0.05, 0.1) is 16.2 Å². The van der Waals surface area contributed by atoms with Crippen molar-refractivity contribution in [3.05, 3.63) is 90.6 Å². The minimum absolute atomic E-state index is 0.0737. The van der Waals surface area contributed by atoms with Gasteiger partial charge in [-0.2, -0.15) is 5.26 Å². The number of nitriles is 1. The van der Waals surface area contributed by atoms with Crippen LogP contribution in [0.5, 0.6) is 11.5 Å². The summed E-state index contributed by atoms with van der Waals surface area (Å²) in [6.45, 7) is 0. The third kappa shape index (κ3) is 6.08. The maximum absolute atomic E-state index is 12.5. The largest absolute Gasteiger partial charge is 0.493 e. The van der Waals surface area contributed by atoms with E-state index in [1.807, 2.05) is 46.9 Å². The minimum Gasteiger partial charge on any atom is -0.493 e. The molecule has 0 aliphatic heterocycles. The average molecular weight is 650 g/mol. The second-order valence-corrected chi connectivity index (χ2v) is 8.83. The molecule has 0 aliphatic carbocycles. The highest BCUT2D eigenvalue weighted by Crippen LogP contribution is 2.35. The number of hydrogen-bond acceptors (Lipinski definition) is 5. The van der Waals surface area contributed by atoms with Gasteiger partial charge in [-0.05, 0) is 105 Å². The standard InChI is InChI=1S/C24H16I2N2O4/c1-31-21-13-15(11-17(14-27)23(29)28-19-9-7-18(25)8-10-19)12-20(26)22(21)32-24(30)16-5-3-2-4-6-16/h2-13H,1H3,(H,28,29)/b17-11+. The highest BCUT2D eigenvalue weighted by atomic mass is 127. The Morgan fingerprint density at radius 2 is 1.72 bits per heavy atom. The Morgan fingerprint density at radius 3 is 2.34 bits per heavy atom. The molecule has 6 nitrogen and oxygen atoms in total. The van der Waals surface area contributed by atoms with E-state index in [1.54, 1.807) is 48.5 Å². The number of amides is 1. The lowest BCUT2D eigenvalue weighted by atomic mass is 10.1. The molecule has 0 spiro atoms. The van der Waals surface area contributed by atoms with Crippen LogP contribution in [0, 0.1) is 18.5 Å². The number of benzene rings is 3. The van der Waals surface area contributed by atoms with E-state index in [4.69, 9.17) is 9.47 Å². The van der Waals surface area contributed by atoms with Crippen molar-refractivity contribution >= 4 is 68.8 Å². The molecule has 32 heavy (non-hydrogen) atoms.